The third-order valence-electron chi connectivity index (χ3n) is 3.45. The van der Waals surface area contributed by atoms with E-state index in [0.29, 0.717) is 12.2 Å². The minimum absolute atomic E-state index is 0.637. The molecule has 0 bridgehead atoms. The molecule has 3 rings (SSSR count). The van der Waals surface area contributed by atoms with Gasteiger partial charge in [-0.2, -0.15) is 0 Å². The summed E-state index contributed by atoms with van der Waals surface area (Å²) in [4.78, 5) is 0. The van der Waals surface area contributed by atoms with E-state index in [-0.39, 0.29) is 0 Å². The second kappa shape index (κ2) is 5.36. The van der Waals surface area contributed by atoms with E-state index >= 15 is 0 Å². The molecule has 1 heterocycles. The lowest BCUT2D eigenvalue weighted by molar-refractivity contribution is 0.653. The molecule has 0 amide bonds. The van der Waals surface area contributed by atoms with Crippen molar-refractivity contribution in [2.45, 2.75) is 20.4 Å². The molecule has 1 aromatic heterocycles. The van der Waals surface area contributed by atoms with E-state index in [1.54, 1.807) is 4.68 Å². The smallest absolute Gasteiger partial charge is 0.182 e. The Morgan fingerprint density at radius 3 is 2.76 bits per heavy atom. The quantitative estimate of drug-likeness (QED) is 0.748. The predicted molar refractivity (Wildman–Crippen MR) is 82.7 cm³/mol. The van der Waals surface area contributed by atoms with E-state index in [0.717, 1.165) is 17.0 Å². The normalized spacial score (nSPS) is 10.8. The van der Waals surface area contributed by atoms with Gasteiger partial charge in [0.15, 0.2) is 5.82 Å². The highest BCUT2D eigenvalue weighted by Crippen LogP contribution is 2.23. The van der Waals surface area contributed by atoms with Crippen LogP contribution in [-0.2, 0) is 6.54 Å². The molecule has 5 heteroatoms. The van der Waals surface area contributed by atoms with Gasteiger partial charge in [-0.25, -0.2) is 4.68 Å². The maximum atomic E-state index is 5.88. The summed E-state index contributed by atoms with van der Waals surface area (Å²) in [6, 6.07) is 14.1. The Labute approximate surface area is 123 Å². The number of rotatable bonds is 3. The molecule has 0 aliphatic heterocycles. The summed E-state index contributed by atoms with van der Waals surface area (Å²) >= 11 is 0. The van der Waals surface area contributed by atoms with E-state index in [2.05, 4.69) is 40.6 Å². The van der Waals surface area contributed by atoms with Crippen molar-refractivity contribution in [1.29, 1.82) is 0 Å². The van der Waals surface area contributed by atoms with Gasteiger partial charge >= 0.3 is 0 Å². The van der Waals surface area contributed by atoms with Crippen LogP contribution >= 0.6 is 0 Å². The molecule has 2 N–H and O–H groups in total. The Balaban J connectivity index is 1.99. The van der Waals surface area contributed by atoms with E-state index < -0.39 is 0 Å². The first-order valence-electron chi connectivity index (χ1n) is 6.82. The summed E-state index contributed by atoms with van der Waals surface area (Å²) < 4.78 is 1.80. The van der Waals surface area contributed by atoms with Gasteiger partial charge in [0.1, 0.15) is 0 Å². The number of nitrogens with zero attached hydrogens (tertiary/aromatic N) is 4. The standard InChI is InChI=1S/C16H17N5/c1-11-4-3-5-13(8-11)10-21-16(18-19-20-21)15-9-14(17)7-6-12(15)2/h3-9H,10,17H2,1-2H3. The fourth-order valence-electron chi connectivity index (χ4n) is 2.37. The lowest BCUT2D eigenvalue weighted by Crippen LogP contribution is -2.05. The molecule has 0 aliphatic rings. The fraction of sp³-hybridized carbons (Fsp3) is 0.188. The first-order chi connectivity index (χ1) is 10.1. The molecule has 2 aromatic carbocycles. The molecule has 0 radical (unpaired) electrons. The third kappa shape index (κ3) is 2.76. The molecule has 0 saturated heterocycles. The van der Waals surface area contributed by atoms with Gasteiger partial charge in [0.25, 0.3) is 0 Å². The maximum Gasteiger partial charge on any atom is 0.182 e. The zero-order valence-electron chi connectivity index (χ0n) is 12.1. The van der Waals surface area contributed by atoms with Crippen molar-refractivity contribution in [2.24, 2.45) is 0 Å². The van der Waals surface area contributed by atoms with Crippen molar-refractivity contribution >= 4 is 5.69 Å². The highest BCUT2D eigenvalue weighted by Gasteiger charge is 2.12. The zero-order chi connectivity index (χ0) is 14.8. The van der Waals surface area contributed by atoms with Gasteiger partial charge in [0.2, 0.25) is 0 Å². The number of anilines is 1. The van der Waals surface area contributed by atoms with E-state index in [1.807, 2.05) is 31.2 Å². The summed E-state index contributed by atoms with van der Waals surface area (Å²) in [7, 11) is 0. The second-order valence-corrected chi connectivity index (χ2v) is 5.22. The average molecular weight is 279 g/mol. The monoisotopic (exact) mass is 279 g/mol. The van der Waals surface area contributed by atoms with Gasteiger partial charge < -0.3 is 5.73 Å². The highest BCUT2D eigenvalue weighted by atomic mass is 15.5. The van der Waals surface area contributed by atoms with Gasteiger partial charge in [0.05, 0.1) is 6.54 Å². The van der Waals surface area contributed by atoms with Gasteiger partial charge in [-0.05, 0) is 47.5 Å². The van der Waals surface area contributed by atoms with E-state index in [4.69, 9.17) is 5.73 Å². The molecule has 0 unspecified atom stereocenters. The van der Waals surface area contributed by atoms with E-state index in [9.17, 15) is 0 Å². The highest BCUT2D eigenvalue weighted by molar-refractivity contribution is 5.65. The SMILES string of the molecule is Cc1cccc(Cn2nnnc2-c2cc(N)ccc2C)c1. The molecular weight excluding hydrogens is 262 g/mol. The largest absolute Gasteiger partial charge is 0.399 e. The van der Waals surface area contributed by atoms with E-state index in [1.165, 1.54) is 11.1 Å². The molecule has 3 aromatic rings. The number of nitrogens with two attached hydrogens (primary N) is 1. The maximum absolute atomic E-state index is 5.88. The number of aromatic nitrogens is 4. The minimum atomic E-state index is 0.637. The molecule has 5 nitrogen and oxygen atoms in total. The first-order valence-corrected chi connectivity index (χ1v) is 6.82. The van der Waals surface area contributed by atoms with Crippen LogP contribution in [0.15, 0.2) is 42.5 Å². The van der Waals surface area contributed by atoms with Crippen molar-refractivity contribution < 1.29 is 0 Å². The number of aryl methyl sites for hydroxylation is 2. The van der Waals surface area contributed by atoms with Crippen LogP contribution in [-0.4, -0.2) is 20.2 Å². The average Bonchev–Trinajstić information content (AvgIpc) is 2.89. The Bertz CT molecular complexity index is 776. The Kier molecular flexibility index (Phi) is 3.39. The van der Waals surface area contributed by atoms with Gasteiger partial charge in [-0.15, -0.1) is 5.10 Å². The molecule has 106 valence electrons. The van der Waals surface area contributed by atoms with Crippen LogP contribution in [0.1, 0.15) is 16.7 Å². The van der Waals surface area contributed by atoms with Crippen LogP contribution in [0.25, 0.3) is 11.4 Å². The van der Waals surface area contributed by atoms with Crippen LogP contribution in [0.2, 0.25) is 0 Å². The Morgan fingerprint density at radius 2 is 1.95 bits per heavy atom. The second-order valence-electron chi connectivity index (χ2n) is 5.22. The van der Waals surface area contributed by atoms with Crippen molar-refractivity contribution in [1.82, 2.24) is 20.2 Å². The third-order valence-corrected chi connectivity index (χ3v) is 3.45. The molecule has 0 saturated carbocycles. The Hall–Kier alpha value is -2.69. The van der Waals surface area contributed by atoms with Crippen molar-refractivity contribution in [3.8, 4) is 11.4 Å². The summed E-state index contributed by atoms with van der Waals surface area (Å²) in [6.07, 6.45) is 0. The molecule has 0 spiro atoms. The molecule has 21 heavy (non-hydrogen) atoms. The molecular formula is C16H17N5. The van der Waals surface area contributed by atoms with Gasteiger partial charge in [0, 0.05) is 11.3 Å². The topological polar surface area (TPSA) is 69.6 Å². The van der Waals surface area contributed by atoms with Crippen LogP contribution in [0, 0.1) is 13.8 Å². The first kappa shape index (κ1) is 13.3. The van der Waals surface area contributed by atoms with Crippen LogP contribution in [0.4, 0.5) is 5.69 Å². The van der Waals surface area contributed by atoms with Crippen LogP contribution in [0.5, 0.6) is 0 Å². The van der Waals surface area contributed by atoms with Crippen LogP contribution < -0.4 is 5.73 Å². The number of hydrogen-bond donors (Lipinski definition) is 1. The van der Waals surface area contributed by atoms with Crippen molar-refractivity contribution in [3.05, 3.63) is 59.2 Å². The lowest BCUT2D eigenvalue weighted by atomic mass is 10.1. The summed E-state index contributed by atoms with van der Waals surface area (Å²) in [5.74, 6) is 0.737. The number of nitrogen functional groups attached to an aromatic ring is 1. The number of tetrazole rings is 1. The van der Waals surface area contributed by atoms with Crippen molar-refractivity contribution in [3.63, 3.8) is 0 Å². The molecule has 0 atom stereocenters. The molecule has 0 aliphatic carbocycles. The van der Waals surface area contributed by atoms with Gasteiger partial charge in [-0.1, -0.05) is 35.9 Å². The van der Waals surface area contributed by atoms with Gasteiger partial charge in [-0.3, -0.25) is 0 Å². The predicted octanol–water partition coefficient (Wildman–Crippen LogP) is 2.59. The lowest BCUT2D eigenvalue weighted by Gasteiger charge is -2.08. The summed E-state index contributed by atoms with van der Waals surface area (Å²) in [5.41, 5.74) is 11.0. The summed E-state index contributed by atoms with van der Waals surface area (Å²) in [6.45, 7) is 4.74. The zero-order valence-corrected chi connectivity index (χ0v) is 12.1. The minimum Gasteiger partial charge on any atom is -0.399 e. The number of hydrogen-bond acceptors (Lipinski definition) is 4. The fourth-order valence-corrected chi connectivity index (χ4v) is 2.37. The van der Waals surface area contributed by atoms with Crippen molar-refractivity contribution in [2.75, 3.05) is 5.73 Å². The van der Waals surface area contributed by atoms with Crippen LogP contribution in [0.3, 0.4) is 0 Å². The molecule has 0 fully saturated rings. The summed E-state index contributed by atoms with van der Waals surface area (Å²) in [5, 5.41) is 12.1. The number of benzene rings is 2. The Morgan fingerprint density at radius 1 is 1.10 bits per heavy atom.